The van der Waals surface area contributed by atoms with Gasteiger partial charge in [0.25, 0.3) is 0 Å². The maximum Gasteiger partial charge on any atom is 0.232 e. The normalized spacial score (nSPS) is 18.6. The van der Waals surface area contributed by atoms with Crippen LogP contribution in [0.5, 0.6) is 5.75 Å². The van der Waals surface area contributed by atoms with Gasteiger partial charge in [0.15, 0.2) is 5.16 Å². The van der Waals surface area contributed by atoms with Crippen LogP contribution in [-0.2, 0) is 23.1 Å². The molecule has 0 saturated heterocycles. The van der Waals surface area contributed by atoms with Gasteiger partial charge in [-0.05, 0) is 30.9 Å². The van der Waals surface area contributed by atoms with E-state index in [1.165, 1.54) is 31.0 Å². The minimum absolute atomic E-state index is 0.0130. The summed E-state index contributed by atoms with van der Waals surface area (Å²) >= 11 is 1.33. The Hall–Kier alpha value is -2.55. The predicted octanol–water partition coefficient (Wildman–Crippen LogP) is 2.79. The topological polar surface area (TPSA) is 98.1 Å². The fourth-order valence-electron chi connectivity index (χ4n) is 3.58. The highest BCUT2D eigenvalue weighted by atomic mass is 32.2. The number of nitrogens with zero attached hydrogens (tertiary/aromatic N) is 3. The van der Waals surface area contributed by atoms with Gasteiger partial charge in [-0.3, -0.25) is 9.59 Å². The van der Waals surface area contributed by atoms with Gasteiger partial charge in [0.05, 0.1) is 19.3 Å². The van der Waals surface area contributed by atoms with Crippen molar-refractivity contribution in [3.05, 3.63) is 30.1 Å². The summed E-state index contributed by atoms with van der Waals surface area (Å²) in [5.74, 6) is 1.84. The number of carbonyl (C=O) groups is 2. The standard InChI is InChI=1S/C21H29N5O3S/c1-14-7-4-5-10-17(14)23-20(28)13-30-21-25-24-18(26(21)2)12-19(27)22-15-8-6-9-16(11-15)29-3/h6,8-9,11,14,17H,4-5,7,10,12-13H2,1-3H3,(H,22,27)(H,23,28)/t14-,17+/m0/s1. The second kappa shape index (κ2) is 10.5. The van der Waals surface area contributed by atoms with E-state index < -0.39 is 0 Å². The minimum atomic E-state index is -0.195. The molecule has 30 heavy (non-hydrogen) atoms. The van der Waals surface area contributed by atoms with Crippen LogP contribution in [0, 0.1) is 5.92 Å². The Balaban J connectivity index is 1.50. The molecule has 1 aromatic heterocycles. The molecule has 2 aromatic rings. The van der Waals surface area contributed by atoms with E-state index in [9.17, 15) is 9.59 Å². The number of hydrogen-bond acceptors (Lipinski definition) is 6. The molecular weight excluding hydrogens is 402 g/mol. The highest BCUT2D eigenvalue weighted by Crippen LogP contribution is 2.24. The number of anilines is 1. The van der Waals surface area contributed by atoms with Gasteiger partial charge in [0.2, 0.25) is 11.8 Å². The quantitative estimate of drug-likeness (QED) is 0.624. The summed E-state index contributed by atoms with van der Waals surface area (Å²) in [7, 11) is 3.38. The molecule has 0 radical (unpaired) electrons. The van der Waals surface area contributed by atoms with Crippen molar-refractivity contribution in [2.24, 2.45) is 13.0 Å². The van der Waals surface area contributed by atoms with Crippen LogP contribution in [-0.4, -0.2) is 45.5 Å². The number of benzene rings is 1. The molecule has 9 heteroatoms. The summed E-state index contributed by atoms with van der Waals surface area (Å²) in [4.78, 5) is 24.7. The Bertz CT molecular complexity index is 885. The molecule has 1 heterocycles. The zero-order valence-electron chi connectivity index (χ0n) is 17.7. The SMILES string of the molecule is COc1cccc(NC(=O)Cc2nnc(SCC(=O)N[C@@H]3CCCC[C@@H]3C)n2C)c1. The van der Waals surface area contributed by atoms with Crippen LogP contribution in [0.15, 0.2) is 29.4 Å². The summed E-state index contributed by atoms with van der Waals surface area (Å²) in [5.41, 5.74) is 0.657. The van der Waals surface area contributed by atoms with Crippen molar-refractivity contribution in [1.29, 1.82) is 0 Å². The molecule has 3 rings (SSSR count). The Kier molecular flexibility index (Phi) is 7.73. The molecule has 0 unspecified atom stereocenters. The highest BCUT2D eigenvalue weighted by molar-refractivity contribution is 7.99. The molecule has 0 bridgehead atoms. The van der Waals surface area contributed by atoms with Crippen molar-refractivity contribution in [2.45, 2.75) is 50.2 Å². The van der Waals surface area contributed by atoms with Crippen molar-refractivity contribution in [3.8, 4) is 5.75 Å². The van der Waals surface area contributed by atoms with Crippen molar-refractivity contribution < 1.29 is 14.3 Å². The van der Waals surface area contributed by atoms with Crippen molar-refractivity contribution in [1.82, 2.24) is 20.1 Å². The van der Waals surface area contributed by atoms with Gasteiger partial charge in [0.1, 0.15) is 11.6 Å². The molecule has 1 aromatic carbocycles. The zero-order chi connectivity index (χ0) is 21.5. The van der Waals surface area contributed by atoms with Gasteiger partial charge < -0.3 is 19.9 Å². The third kappa shape index (κ3) is 5.98. The van der Waals surface area contributed by atoms with E-state index in [4.69, 9.17) is 4.74 Å². The van der Waals surface area contributed by atoms with Gasteiger partial charge in [-0.2, -0.15) is 0 Å². The van der Waals surface area contributed by atoms with Gasteiger partial charge >= 0.3 is 0 Å². The number of nitrogens with one attached hydrogen (secondary N) is 2. The number of hydrogen-bond donors (Lipinski definition) is 2. The molecule has 2 N–H and O–H groups in total. The molecule has 1 saturated carbocycles. The van der Waals surface area contributed by atoms with Crippen molar-refractivity contribution in [2.75, 3.05) is 18.2 Å². The van der Waals surface area contributed by atoms with Crippen LogP contribution >= 0.6 is 11.8 Å². The van der Waals surface area contributed by atoms with Crippen LogP contribution in [0.3, 0.4) is 0 Å². The largest absolute Gasteiger partial charge is 0.497 e. The summed E-state index contributed by atoms with van der Waals surface area (Å²) in [6, 6.07) is 7.44. The first kappa shape index (κ1) is 22.1. The van der Waals surface area contributed by atoms with Crippen LogP contribution in [0.25, 0.3) is 0 Å². The Morgan fingerprint density at radius 2 is 2.03 bits per heavy atom. The lowest BCUT2D eigenvalue weighted by Gasteiger charge is -2.29. The molecule has 1 fully saturated rings. The van der Waals surface area contributed by atoms with E-state index in [0.29, 0.717) is 28.3 Å². The lowest BCUT2D eigenvalue weighted by Crippen LogP contribution is -2.41. The van der Waals surface area contributed by atoms with Gasteiger partial charge in [-0.25, -0.2) is 0 Å². The fraction of sp³-hybridized carbons (Fsp3) is 0.524. The van der Waals surface area contributed by atoms with Crippen molar-refractivity contribution >= 4 is 29.3 Å². The second-order valence-corrected chi connectivity index (χ2v) is 8.58. The van der Waals surface area contributed by atoms with Crippen LogP contribution in [0.1, 0.15) is 38.4 Å². The number of carbonyl (C=O) groups excluding carboxylic acids is 2. The average Bonchev–Trinajstić information content (AvgIpc) is 3.07. The molecule has 2 amide bonds. The maximum atomic E-state index is 12.4. The number of rotatable bonds is 8. The monoisotopic (exact) mass is 431 g/mol. The molecule has 162 valence electrons. The van der Waals surface area contributed by atoms with E-state index in [1.807, 2.05) is 12.1 Å². The van der Waals surface area contributed by atoms with E-state index in [0.717, 1.165) is 6.42 Å². The molecular formula is C21H29N5O3S. The van der Waals surface area contributed by atoms with E-state index in [2.05, 4.69) is 27.8 Å². The Labute approximate surface area is 181 Å². The number of methoxy groups -OCH3 is 1. The van der Waals surface area contributed by atoms with Gasteiger partial charge in [-0.1, -0.05) is 37.6 Å². The Morgan fingerprint density at radius 1 is 1.23 bits per heavy atom. The molecule has 8 nitrogen and oxygen atoms in total. The first-order valence-corrected chi connectivity index (χ1v) is 11.2. The van der Waals surface area contributed by atoms with E-state index in [1.54, 1.807) is 30.9 Å². The van der Waals surface area contributed by atoms with Gasteiger partial charge in [0, 0.05) is 24.8 Å². The number of amides is 2. The number of aromatic nitrogens is 3. The van der Waals surface area contributed by atoms with Crippen LogP contribution in [0.2, 0.25) is 0 Å². The lowest BCUT2D eigenvalue weighted by molar-refractivity contribution is -0.120. The predicted molar refractivity (Wildman–Crippen MR) is 117 cm³/mol. The summed E-state index contributed by atoms with van der Waals surface area (Å²) in [5, 5.41) is 14.8. The first-order valence-electron chi connectivity index (χ1n) is 10.2. The van der Waals surface area contributed by atoms with Crippen molar-refractivity contribution in [3.63, 3.8) is 0 Å². The second-order valence-electron chi connectivity index (χ2n) is 7.64. The van der Waals surface area contributed by atoms with Gasteiger partial charge in [-0.15, -0.1) is 10.2 Å². The summed E-state index contributed by atoms with van der Waals surface area (Å²) in [6.45, 7) is 2.20. The molecule has 0 spiro atoms. The molecule has 1 aliphatic carbocycles. The average molecular weight is 432 g/mol. The zero-order valence-corrected chi connectivity index (χ0v) is 18.5. The third-order valence-electron chi connectivity index (χ3n) is 5.39. The lowest BCUT2D eigenvalue weighted by atomic mass is 9.86. The molecule has 2 atom stereocenters. The maximum absolute atomic E-state index is 12.4. The highest BCUT2D eigenvalue weighted by Gasteiger charge is 2.23. The summed E-state index contributed by atoms with van der Waals surface area (Å²) < 4.78 is 6.92. The molecule has 0 aliphatic heterocycles. The first-order chi connectivity index (χ1) is 14.5. The number of thioether (sulfide) groups is 1. The van der Waals surface area contributed by atoms with E-state index in [-0.39, 0.29) is 30.0 Å². The van der Waals surface area contributed by atoms with E-state index >= 15 is 0 Å². The molecule has 1 aliphatic rings. The Morgan fingerprint density at radius 3 is 2.80 bits per heavy atom. The van der Waals surface area contributed by atoms with Crippen LogP contribution in [0.4, 0.5) is 5.69 Å². The smallest absolute Gasteiger partial charge is 0.232 e. The summed E-state index contributed by atoms with van der Waals surface area (Å²) in [6.07, 6.45) is 4.73. The van der Waals surface area contributed by atoms with Crippen LogP contribution < -0.4 is 15.4 Å². The third-order valence-corrected chi connectivity index (χ3v) is 6.41. The fourth-order valence-corrected chi connectivity index (χ4v) is 4.32. The number of ether oxygens (including phenoxy) is 1. The minimum Gasteiger partial charge on any atom is -0.497 e.